The lowest BCUT2D eigenvalue weighted by Crippen LogP contribution is -2.13. The predicted molar refractivity (Wildman–Crippen MR) is 70.7 cm³/mol. The highest BCUT2D eigenvalue weighted by atomic mass is 35.5. The van der Waals surface area contributed by atoms with Crippen molar-refractivity contribution in [3.63, 3.8) is 0 Å². The summed E-state index contributed by atoms with van der Waals surface area (Å²) in [4.78, 5) is 0. The zero-order valence-electron chi connectivity index (χ0n) is 10.1. The Bertz CT molecular complexity index is 396. The number of ether oxygens (including phenoxy) is 1. The molecule has 1 aromatic carbocycles. The molecule has 0 amide bonds. The van der Waals surface area contributed by atoms with E-state index in [1.54, 1.807) is 0 Å². The molecule has 1 aliphatic carbocycles. The molecule has 0 N–H and O–H groups in total. The van der Waals surface area contributed by atoms with E-state index in [1.165, 1.54) is 42.4 Å². The number of alkyl halides is 1. The Labute approximate surface area is 108 Å². The second-order valence-corrected chi connectivity index (χ2v) is 5.66. The second-order valence-electron chi connectivity index (χ2n) is 5.19. The average molecular weight is 251 g/mol. The molecule has 1 aliphatic heterocycles. The lowest BCUT2D eigenvalue weighted by atomic mass is 9.89. The first-order valence-corrected chi connectivity index (χ1v) is 7.15. The third kappa shape index (κ3) is 2.36. The number of hydrogen-bond acceptors (Lipinski definition) is 1. The van der Waals surface area contributed by atoms with Gasteiger partial charge < -0.3 is 4.74 Å². The van der Waals surface area contributed by atoms with Gasteiger partial charge in [-0.05, 0) is 55.2 Å². The van der Waals surface area contributed by atoms with Gasteiger partial charge in [-0.2, -0.15) is 0 Å². The molecule has 2 atom stereocenters. The van der Waals surface area contributed by atoms with Gasteiger partial charge in [0.15, 0.2) is 0 Å². The zero-order valence-corrected chi connectivity index (χ0v) is 10.9. The third-order valence-electron chi connectivity index (χ3n) is 3.98. The standard InChI is InChI=1S/C15H19ClO/c16-15(14-6-3-9-17-14)13-8-7-11-4-1-2-5-12(11)10-13/h7-8,10,14-15H,1-6,9H2. The summed E-state index contributed by atoms with van der Waals surface area (Å²) in [5, 5.41) is 0.0322. The van der Waals surface area contributed by atoms with Crippen LogP contribution in [0.15, 0.2) is 18.2 Å². The molecule has 0 spiro atoms. The van der Waals surface area contributed by atoms with E-state index in [9.17, 15) is 0 Å². The van der Waals surface area contributed by atoms with Crippen LogP contribution in [0.2, 0.25) is 0 Å². The van der Waals surface area contributed by atoms with Crippen molar-refractivity contribution in [1.82, 2.24) is 0 Å². The SMILES string of the molecule is ClC(c1ccc2c(c1)CCCC2)C1CCCO1. The van der Waals surface area contributed by atoms with Crippen LogP contribution in [0.3, 0.4) is 0 Å². The summed E-state index contributed by atoms with van der Waals surface area (Å²) in [5.74, 6) is 0. The minimum absolute atomic E-state index is 0.0322. The van der Waals surface area contributed by atoms with E-state index < -0.39 is 0 Å². The summed E-state index contributed by atoms with van der Waals surface area (Å²) in [6, 6.07) is 6.78. The first kappa shape index (κ1) is 11.6. The molecule has 0 saturated carbocycles. The lowest BCUT2D eigenvalue weighted by molar-refractivity contribution is 0.107. The fraction of sp³-hybridized carbons (Fsp3) is 0.600. The monoisotopic (exact) mass is 250 g/mol. The van der Waals surface area contributed by atoms with E-state index in [1.807, 2.05) is 0 Å². The highest BCUT2D eigenvalue weighted by Crippen LogP contribution is 2.34. The quantitative estimate of drug-likeness (QED) is 0.721. The second kappa shape index (κ2) is 4.99. The maximum Gasteiger partial charge on any atom is 0.0847 e. The van der Waals surface area contributed by atoms with E-state index in [2.05, 4.69) is 18.2 Å². The van der Waals surface area contributed by atoms with Crippen LogP contribution in [-0.4, -0.2) is 12.7 Å². The first-order chi connectivity index (χ1) is 8.34. The average Bonchev–Trinajstić information content (AvgIpc) is 2.91. The Kier molecular flexibility index (Phi) is 3.39. The highest BCUT2D eigenvalue weighted by Gasteiger charge is 2.26. The summed E-state index contributed by atoms with van der Waals surface area (Å²) >= 11 is 6.53. The summed E-state index contributed by atoms with van der Waals surface area (Å²) in [5.41, 5.74) is 4.29. The van der Waals surface area contributed by atoms with Gasteiger partial charge in [-0.15, -0.1) is 11.6 Å². The molecular formula is C15H19ClO. The molecule has 0 radical (unpaired) electrons. The van der Waals surface area contributed by atoms with Gasteiger partial charge in [-0.3, -0.25) is 0 Å². The minimum atomic E-state index is 0.0322. The van der Waals surface area contributed by atoms with Crippen LogP contribution in [0.4, 0.5) is 0 Å². The molecule has 3 rings (SSSR count). The number of rotatable bonds is 2. The molecule has 1 aromatic rings. The van der Waals surface area contributed by atoms with Crippen molar-refractivity contribution < 1.29 is 4.74 Å². The van der Waals surface area contributed by atoms with Gasteiger partial charge in [-0.25, -0.2) is 0 Å². The lowest BCUT2D eigenvalue weighted by Gasteiger charge is -2.21. The van der Waals surface area contributed by atoms with Crippen molar-refractivity contribution in [2.75, 3.05) is 6.61 Å². The molecule has 17 heavy (non-hydrogen) atoms. The van der Waals surface area contributed by atoms with Crippen molar-refractivity contribution in [2.45, 2.75) is 50.0 Å². The van der Waals surface area contributed by atoms with Crippen LogP contribution in [0, 0.1) is 0 Å². The van der Waals surface area contributed by atoms with Gasteiger partial charge in [0.25, 0.3) is 0 Å². The Hall–Kier alpha value is -0.530. The van der Waals surface area contributed by atoms with E-state index in [0.29, 0.717) is 0 Å². The van der Waals surface area contributed by atoms with Crippen LogP contribution in [0.1, 0.15) is 47.8 Å². The van der Waals surface area contributed by atoms with E-state index >= 15 is 0 Å². The van der Waals surface area contributed by atoms with Crippen LogP contribution in [-0.2, 0) is 17.6 Å². The molecular weight excluding hydrogens is 232 g/mol. The Morgan fingerprint density at radius 1 is 1.12 bits per heavy atom. The highest BCUT2D eigenvalue weighted by molar-refractivity contribution is 6.21. The summed E-state index contributed by atoms with van der Waals surface area (Å²) < 4.78 is 5.68. The maximum absolute atomic E-state index is 6.53. The fourth-order valence-electron chi connectivity index (χ4n) is 2.97. The summed E-state index contributed by atoms with van der Waals surface area (Å²) in [6.45, 7) is 0.874. The zero-order chi connectivity index (χ0) is 11.7. The molecule has 2 aliphatic rings. The van der Waals surface area contributed by atoms with Gasteiger partial charge >= 0.3 is 0 Å². The number of halogens is 1. The smallest absolute Gasteiger partial charge is 0.0847 e. The normalized spacial score (nSPS) is 25.6. The topological polar surface area (TPSA) is 9.23 Å². The molecule has 0 bridgehead atoms. The molecule has 0 aromatic heterocycles. The first-order valence-electron chi connectivity index (χ1n) is 6.72. The Balaban J connectivity index is 1.82. The molecule has 1 saturated heterocycles. The van der Waals surface area contributed by atoms with Crippen LogP contribution in [0.5, 0.6) is 0 Å². The van der Waals surface area contributed by atoms with Gasteiger partial charge in [-0.1, -0.05) is 18.2 Å². The van der Waals surface area contributed by atoms with Crippen molar-refractivity contribution in [3.8, 4) is 0 Å². The molecule has 1 nitrogen and oxygen atoms in total. The van der Waals surface area contributed by atoms with Crippen molar-refractivity contribution in [2.24, 2.45) is 0 Å². The fourth-order valence-corrected chi connectivity index (χ4v) is 3.31. The van der Waals surface area contributed by atoms with Crippen molar-refractivity contribution in [3.05, 3.63) is 34.9 Å². The van der Waals surface area contributed by atoms with Crippen LogP contribution in [0.25, 0.3) is 0 Å². The molecule has 1 fully saturated rings. The molecule has 2 unspecified atom stereocenters. The minimum Gasteiger partial charge on any atom is -0.376 e. The van der Waals surface area contributed by atoms with Crippen LogP contribution < -0.4 is 0 Å². The molecule has 1 heterocycles. The van der Waals surface area contributed by atoms with E-state index in [-0.39, 0.29) is 11.5 Å². The van der Waals surface area contributed by atoms with E-state index in [4.69, 9.17) is 16.3 Å². The maximum atomic E-state index is 6.53. The van der Waals surface area contributed by atoms with Crippen molar-refractivity contribution >= 4 is 11.6 Å². The van der Waals surface area contributed by atoms with Gasteiger partial charge in [0, 0.05) is 6.61 Å². The van der Waals surface area contributed by atoms with Gasteiger partial charge in [0.05, 0.1) is 11.5 Å². The molecule has 2 heteroatoms. The number of benzene rings is 1. The van der Waals surface area contributed by atoms with Gasteiger partial charge in [0.1, 0.15) is 0 Å². The summed E-state index contributed by atoms with van der Waals surface area (Å²) in [7, 11) is 0. The largest absolute Gasteiger partial charge is 0.376 e. The van der Waals surface area contributed by atoms with E-state index in [0.717, 1.165) is 19.4 Å². The summed E-state index contributed by atoms with van der Waals surface area (Å²) in [6.07, 6.45) is 7.59. The van der Waals surface area contributed by atoms with Crippen molar-refractivity contribution in [1.29, 1.82) is 0 Å². The molecule has 92 valence electrons. The Morgan fingerprint density at radius 2 is 1.94 bits per heavy atom. The van der Waals surface area contributed by atoms with Gasteiger partial charge in [0.2, 0.25) is 0 Å². The predicted octanol–water partition coefficient (Wildman–Crippen LogP) is 4.02. The van der Waals surface area contributed by atoms with Crippen LogP contribution >= 0.6 is 11.6 Å². The number of fused-ring (bicyclic) bond motifs is 1. The third-order valence-corrected chi connectivity index (χ3v) is 4.52. The Morgan fingerprint density at radius 3 is 2.71 bits per heavy atom. The number of aryl methyl sites for hydroxylation is 2. The number of hydrogen-bond donors (Lipinski definition) is 0.